The number of benzene rings is 1. The highest BCUT2D eigenvalue weighted by Crippen LogP contribution is 2.55. The molecule has 4 rings (SSSR count). The SMILES string of the molecule is C[C@H]1[C@@H]2[C@@H](O)[C@@H]([C@H](C)C(=O)NC3CCCC3)CC[C@@]2(C)CC[C@@H]1NC(=O)Cc1ccccc1. The van der Waals surface area contributed by atoms with Gasteiger partial charge < -0.3 is 15.7 Å². The maximum Gasteiger partial charge on any atom is 0.224 e. The fraction of sp³-hybridized carbons (Fsp3) is 0.714. The molecule has 3 fully saturated rings. The van der Waals surface area contributed by atoms with Crippen LogP contribution in [0.4, 0.5) is 0 Å². The molecule has 0 aliphatic heterocycles. The van der Waals surface area contributed by atoms with Gasteiger partial charge >= 0.3 is 0 Å². The van der Waals surface area contributed by atoms with Gasteiger partial charge in [0, 0.05) is 18.0 Å². The lowest BCUT2D eigenvalue weighted by Crippen LogP contribution is -2.58. The summed E-state index contributed by atoms with van der Waals surface area (Å²) in [4.78, 5) is 25.7. The molecule has 0 radical (unpaired) electrons. The van der Waals surface area contributed by atoms with Gasteiger partial charge in [-0.05, 0) is 67.3 Å². The molecule has 33 heavy (non-hydrogen) atoms. The normalized spacial score (nSPS) is 35.5. The van der Waals surface area contributed by atoms with Crippen molar-refractivity contribution in [3.63, 3.8) is 0 Å². The summed E-state index contributed by atoms with van der Waals surface area (Å²) < 4.78 is 0. The van der Waals surface area contributed by atoms with E-state index in [1.807, 2.05) is 37.3 Å². The molecule has 0 heterocycles. The van der Waals surface area contributed by atoms with Crippen LogP contribution in [0.15, 0.2) is 30.3 Å². The Kier molecular flexibility index (Phi) is 7.47. The summed E-state index contributed by atoms with van der Waals surface area (Å²) in [7, 11) is 0. The van der Waals surface area contributed by atoms with E-state index in [9.17, 15) is 14.7 Å². The number of hydrogen-bond acceptors (Lipinski definition) is 3. The molecule has 3 aliphatic carbocycles. The van der Waals surface area contributed by atoms with Gasteiger partial charge in [0.2, 0.25) is 11.8 Å². The Hall–Kier alpha value is -1.88. The van der Waals surface area contributed by atoms with Crippen molar-refractivity contribution in [1.82, 2.24) is 10.6 Å². The highest BCUT2D eigenvalue weighted by Gasteiger charge is 2.53. The molecule has 1 aromatic carbocycles. The number of hydrogen-bond donors (Lipinski definition) is 3. The van der Waals surface area contributed by atoms with E-state index in [0.29, 0.717) is 12.5 Å². The van der Waals surface area contributed by atoms with Gasteiger partial charge in [-0.3, -0.25) is 9.59 Å². The molecule has 0 saturated heterocycles. The second kappa shape index (κ2) is 10.2. The molecule has 3 N–H and O–H groups in total. The number of aliphatic hydroxyl groups is 1. The Labute approximate surface area is 199 Å². The van der Waals surface area contributed by atoms with Crippen molar-refractivity contribution in [2.75, 3.05) is 0 Å². The Morgan fingerprint density at radius 1 is 1.06 bits per heavy atom. The molecule has 1 aromatic rings. The van der Waals surface area contributed by atoms with E-state index in [-0.39, 0.29) is 46.9 Å². The highest BCUT2D eigenvalue weighted by molar-refractivity contribution is 5.79. The standard InChI is InChI=1S/C28H42N2O3/c1-18(27(33)29-21-11-7-8-12-21)22-13-15-28(3)16-14-23(19(2)25(28)26(22)32)30-24(31)17-20-9-5-4-6-10-20/h4-6,9-10,18-19,21-23,25-26,32H,7-8,11-17H2,1-3H3,(H,29,33)(H,30,31)/t18-,19+,22+,23-,25+,26-,28-/m0/s1. The van der Waals surface area contributed by atoms with Gasteiger partial charge in [-0.15, -0.1) is 0 Å². The predicted molar refractivity (Wildman–Crippen MR) is 130 cm³/mol. The van der Waals surface area contributed by atoms with Crippen molar-refractivity contribution in [2.24, 2.45) is 29.1 Å². The Morgan fingerprint density at radius 2 is 1.73 bits per heavy atom. The van der Waals surface area contributed by atoms with E-state index in [0.717, 1.165) is 44.1 Å². The smallest absolute Gasteiger partial charge is 0.224 e. The Morgan fingerprint density at radius 3 is 2.42 bits per heavy atom. The minimum absolute atomic E-state index is 0.0225. The minimum Gasteiger partial charge on any atom is -0.392 e. The molecule has 0 unspecified atom stereocenters. The molecule has 0 bridgehead atoms. The van der Waals surface area contributed by atoms with Crippen LogP contribution in [0.25, 0.3) is 0 Å². The van der Waals surface area contributed by atoms with E-state index < -0.39 is 6.10 Å². The van der Waals surface area contributed by atoms with Gasteiger partial charge in [0.1, 0.15) is 0 Å². The summed E-state index contributed by atoms with van der Waals surface area (Å²) in [5, 5.41) is 18.1. The van der Waals surface area contributed by atoms with Gasteiger partial charge in [0.15, 0.2) is 0 Å². The first-order valence-corrected chi connectivity index (χ1v) is 13.1. The molecule has 3 aliphatic rings. The van der Waals surface area contributed by atoms with Gasteiger partial charge in [0.25, 0.3) is 0 Å². The lowest BCUT2D eigenvalue weighted by Gasteiger charge is -2.56. The van der Waals surface area contributed by atoms with Crippen LogP contribution in [-0.4, -0.2) is 35.1 Å². The monoisotopic (exact) mass is 454 g/mol. The van der Waals surface area contributed by atoms with Gasteiger partial charge in [-0.25, -0.2) is 0 Å². The fourth-order valence-electron chi connectivity index (χ4n) is 7.13. The lowest BCUT2D eigenvalue weighted by atomic mass is 9.51. The van der Waals surface area contributed by atoms with Crippen LogP contribution in [0.3, 0.4) is 0 Å². The van der Waals surface area contributed by atoms with Crippen LogP contribution in [0.2, 0.25) is 0 Å². The Balaban J connectivity index is 1.40. The van der Waals surface area contributed by atoms with E-state index >= 15 is 0 Å². The zero-order chi connectivity index (χ0) is 23.6. The van der Waals surface area contributed by atoms with Crippen LogP contribution in [0.1, 0.15) is 77.7 Å². The number of fused-ring (bicyclic) bond motifs is 1. The first-order valence-electron chi connectivity index (χ1n) is 13.1. The lowest BCUT2D eigenvalue weighted by molar-refractivity contribution is -0.144. The molecule has 7 atom stereocenters. The number of rotatable bonds is 6. The second-order valence-corrected chi connectivity index (χ2v) is 11.4. The van der Waals surface area contributed by atoms with Gasteiger partial charge in [-0.1, -0.05) is 63.9 Å². The molecule has 0 spiro atoms. The minimum atomic E-state index is -0.517. The van der Waals surface area contributed by atoms with Crippen LogP contribution >= 0.6 is 0 Å². The summed E-state index contributed by atoms with van der Waals surface area (Å²) in [5.74, 6) is 0.203. The summed E-state index contributed by atoms with van der Waals surface area (Å²) in [5.41, 5.74) is 1.08. The van der Waals surface area contributed by atoms with Crippen molar-refractivity contribution in [2.45, 2.75) is 96.7 Å². The highest BCUT2D eigenvalue weighted by atomic mass is 16.3. The van der Waals surface area contributed by atoms with Crippen LogP contribution in [0, 0.1) is 29.1 Å². The molecule has 182 valence electrons. The average molecular weight is 455 g/mol. The molecule has 2 amide bonds. The van der Waals surface area contributed by atoms with E-state index in [1.165, 1.54) is 12.8 Å². The summed E-state index contributed by atoms with van der Waals surface area (Å²) in [6, 6.07) is 10.2. The first kappa shape index (κ1) is 24.3. The maximum absolute atomic E-state index is 13.0. The van der Waals surface area contributed by atoms with Crippen LogP contribution in [-0.2, 0) is 16.0 Å². The van der Waals surface area contributed by atoms with Crippen molar-refractivity contribution >= 4 is 11.8 Å². The van der Waals surface area contributed by atoms with Gasteiger partial charge in [-0.2, -0.15) is 0 Å². The zero-order valence-electron chi connectivity index (χ0n) is 20.6. The number of carbonyl (C=O) groups is 2. The second-order valence-electron chi connectivity index (χ2n) is 11.4. The third-order valence-electron chi connectivity index (χ3n) is 9.20. The number of carbonyl (C=O) groups excluding carboxylic acids is 2. The topological polar surface area (TPSA) is 78.4 Å². The molecular weight excluding hydrogens is 412 g/mol. The molecule has 0 aromatic heterocycles. The van der Waals surface area contributed by atoms with Crippen LogP contribution < -0.4 is 10.6 Å². The van der Waals surface area contributed by atoms with Crippen molar-refractivity contribution < 1.29 is 14.7 Å². The number of nitrogens with one attached hydrogen (secondary N) is 2. The van der Waals surface area contributed by atoms with Gasteiger partial charge in [0.05, 0.1) is 12.5 Å². The van der Waals surface area contributed by atoms with Crippen molar-refractivity contribution in [3.8, 4) is 0 Å². The maximum atomic E-state index is 13.0. The third-order valence-corrected chi connectivity index (χ3v) is 9.20. The zero-order valence-corrected chi connectivity index (χ0v) is 20.6. The van der Waals surface area contributed by atoms with E-state index in [4.69, 9.17) is 0 Å². The number of aliphatic hydroxyl groups excluding tert-OH is 1. The predicted octanol–water partition coefficient (Wildman–Crippen LogP) is 4.23. The van der Waals surface area contributed by atoms with E-state index in [1.54, 1.807) is 0 Å². The molecular formula is C28H42N2O3. The first-order chi connectivity index (χ1) is 15.8. The van der Waals surface area contributed by atoms with Crippen molar-refractivity contribution in [1.29, 1.82) is 0 Å². The molecule has 5 nitrogen and oxygen atoms in total. The summed E-state index contributed by atoms with van der Waals surface area (Å²) >= 11 is 0. The van der Waals surface area contributed by atoms with E-state index in [2.05, 4.69) is 24.5 Å². The van der Waals surface area contributed by atoms with Crippen LogP contribution in [0.5, 0.6) is 0 Å². The molecule has 3 saturated carbocycles. The quantitative estimate of drug-likeness (QED) is 0.602. The fourth-order valence-corrected chi connectivity index (χ4v) is 7.13. The summed E-state index contributed by atoms with van der Waals surface area (Å²) in [6.07, 6.45) is 8.30. The average Bonchev–Trinajstić information content (AvgIpc) is 3.29. The number of amides is 2. The summed E-state index contributed by atoms with van der Waals surface area (Å²) in [6.45, 7) is 6.48. The molecule has 5 heteroatoms. The van der Waals surface area contributed by atoms with Crippen molar-refractivity contribution in [3.05, 3.63) is 35.9 Å². The largest absolute Gasteiger partial charge is 0.392 e. The Bertz CT molecular complexity index is 822. The third kappa shape index (κ3) is 5.29.